The molecule has 6 nitrogen and oxygen atoms in total. The Morgan fingerprint density at radius 1 is 1.07 bits per heavy atom. The standard InChI is InChI=1S/C22H23N5O/c1-15-7-9-18(10-8-15)13-27-17(3)21(16(2)25-27)22(28)23-12-19-14-26-11-5-4-6-20(26)24-19/h4-11,14H,12-13H2,1-3H3,(H,23,28). The maximum atomic E-state index is 12.8. The van der Waals surface area contributed by atoms with Gasteiger partial charge in [0.25, 0.3) is 5.91 Å². The van der Waals surface area contributed by atoms with Crippen LogP contribution in [0, 0.1) is 20.8 Å². The molecule has 0 radical (unpaired) electrons. The molecule has 0 saturated heterocycles. The molecule has 0 saturated carbocycles. The van der Waals surface area contributed by atoms with E-state index in [9.17, 15) is 4.79 Å². The first-order chi connectivity index (χ1) is 13.5. The van der Waals surface area contributed by atoms with Crippen molar-refractivity contribution in [3.63, 3.8) is 0 Å². The first-order valence-corrected chi connectivity index (χ1v) is 9.31. The summed E-state index contributed by atoms with van der Waals surface area (Å²) in [4.78, 5) is 17.3. The number of imidazole rings is 1. The number of hydrogen-bond donors (Lipinski definition) is 1. The molecule has 0 aliphatic carbocycles. The summed E-state index contributed by atoms with van der Waals surface area (Å²) in [6, 6.07) is 14.2. The summed E-state index contributed by atoms with van der Waals surface area (Å²) < 4.78 is 3.83. The molecule has 0 fully saturated rings. The van der Waals surface area contributed by atoms with Crippen molar-refractivity contribution < 1.29 is 4.79 Å². The van der Waals surface area contributed by atoms with Gasteiger partial charge in [-0.25, -0.2) is 4.98 Å². The molecule has 142 valence electrons. The van der Waals surface area contributed by atoms with Gasteiger partial charge in [0, 0.05) is 18.1 Å². The van der Waals surface area contributed by atoms with Crippen molar-refractivity contribution >= 4 is 11.6 Å². The Hall–Kier alpha value is -3.41. The molecular weight excluding hydrogens is 350 g/mol. The number of carbonyl (C=O) groups is 1. The fraction of sp³-hybridized carbons (Fsp3) is 0.227. The number of fused-ring (bicyclic) bond motifs is 1. The Morgan fingerprint density at radius 2 is 1.86 bits per heavy atom. The second-order valence-corrected chi connectivity index (χ2v) is 7.07. The Balaban J connectivity index is 1.49. The smallest absolute Gasteiger partial charge is 0.255 e. The Bertz CT molecular complexity index is 1100. The highest BCUT2D eigenvalue weighted by Crippen LogP contribution is 2.15. The molecule has 28 heavy (non-hydrogen) atoms. The summed E-state index contributed by atoms with van der Waals surface area (Å²) >= 11 is 0. The van der Waals surface area contributed by atoms with Gasteiger partial charge in [0.05, 0.1) is 30.0 Å². The number of carbonyl (C=O) groups excluding carboxylic acids is 1. The maximum absolute atomic E-state index is 12.8. The number of hydrogen-bond acceptors (Lipinski definition) is 3. The Kier molecular flexibility index (Phi) is 4.69. The zero-order valence-corrected chi connectivity index (χ0v) is 16.3. The highest BCUT2D eigenvalue weighted by atomic mass is 16.1. The second kappa shape index (κ2) is 7.31. The predicted molar refractivity (Wildman–Crippen MR) is 108 cm³/mol. The molecule has 0 atom stereocenters. The first-order valence-electron chi connectivity index (χ1n) is 9.31. The number of aromatic nitrogens is 4. The maximum Gasteiger partial charge on any atom is 0.255 e. The lowest BCUT2D eigenvalue weighted by molar-refractivity contribution is 0.0949. The minimum Gasteiger partial charge on any atom is -0.346 e. The molecule has 0 spiro atoms. The van der Waals surface area contributed by atoms with Gasteiger partial charge >= 0.3 is 0 Å². The van der Waals surface area contributed by atoms with Crippen LogP contribution >= 0.6 is 0 Å². The van der Waals surface area contributed by atoms with Crippen molar-refractivity contribution in [2.45, 2.75) is 33.9 Å². The van der Waals surface area contributed by atoms with Gasteiger partial charge in [0.1, 0.15) is 5.65 Å². The average molecular weight is 373 g/mol. The van der Waals surface area contributed by atoms with Crippen molar-refractivity contribution in [2.24, 2.45) is 0 Å². The predicted octanol–water partition coefficient (Wildman–Crippen LogP) is 3.43. The normalized spacial score (nSPS) is 11.1. The van der Waals surface area contributed by atoms with Crippen molar-refractivity contribution in [2.75, 3.05) is 0 Å². The molecule has 0 aliphatic rings. The van der Waals surface area contributed by atoms with Gasteiger partial charge in [-0.3, -0.25) is 9.48 Å². The molecule has 1 N–H and O–H groups in total. The molecule has 3 heterocycles. The van der Waals surface area contributed by atoms with Crippen LogP contribution in [0.1, 0.15) is 38.6 Å². The van der Waals surface area contributed by atoms with Gasteiger partial charge in [-0.2, -0.15) is 5.10 Å². The summed E-state index contributed by atoms with van der Waals surface area (Å²) in [6.07, 6.45) is 3.87. The minimum atomic E-state index is -0.123. The topological polar surface area (TPSA) is 64.2 Å². The largest absolute Gasteiger partial charge is 0.346 e. The van der Waals surface area contributed by atoms with E-state index in [0.717, 1.165) is 28.3 Å². The van der Waals surface area contributed by atoms with Crippen molar-refractivity contribution in [1.82, 2.24) is 24.5 Å². The van der Waals surface area contributed by atoms with E-state index in [1.165, 1.54) is 5.56 Å². The molecule has 4 rings (SSSR count). The fourth-order valence-electron chi connectivity index (χ4n) is 3.38. The highest BCUT2D eigenvalue weighted by Gasteiger charge is 2.19. The summed E-state index contributed by atoms with van der Waals surface area (Å²) in [5.74, 6) is -0.123. The molecule has 0 bridgehead atoms. The molecule has 1 aromatic carbocycles. The lowest BCUT2D eigenvalue weighted by Gasteiger charge is -2.07. The van der Waals surface area contributed by atoms with Crippen LogP contribution in [0.25, 0.3) is 5.65 Å². The van der Waals surface area contributed by atoms with Gasteiger partial charge < -0.3 is 9.72 Å². The van der Waals surface area contributed by atoms with E-state index in [2.05, 4.69) is 46.6 Å². The Morgan fingerprint density at radius 3 is 2.61 bits per heavy atom. The highest BCUT2D eigenvalue weighted by molar-refractivity contribution is 5.96. The number of pyridine rings is 1. The monoisotopic (exact) mass is 373 g/mol. The van der Waals surface area contributed by atoms with E-state index < -0.39 is 0 Å². The summed E-state index contributed by atoms with van der Waals surface area (Å²) in [7, 11) is 0. The number of aryl methyl sites for hydroxylation is 2. The third kappa shape index (κ3) is 3.53. The van der Waals surface area contributed by atoms with Gasteiger partial charge in [0.2, 0.25) is 0 Å². The zero-order chi connectivity index (χ0) is 19.7. The summed E-state index contributed by atoms with van der Waals surface area (Å²) in [5.41, 5.74) is 6.31. The van der Waals surface area contributed by atoms with Crippen molar-refractivity contribution in [3.05, 3.63) is 88.6 Å². The molecule has 3 aromatic heterocycles. The average Bonchev–Trinajstić information content (AvgIpc) is 3.22. The molecular formula is C22H23N5O. The third-order valence-electron chi connectivity index (χ3n) is 4.91. The van der Waals surface area contributed by atoms with E-state index >= 15 is 0 Å². The van der Waals surface area contributed by atoms with Gasteiger partial charge in [0.15, 0.2) is 0 Å². The van der Waals surface area contributed by atoms with Crippen LogP contribution in [0.3, 0.4) is 0 Å². The molecule has 1 amide bonds. The third-order valence-corrected chi connectivity index (χ3v) is 4.91. The molecule has 0 aliphatic heterocycles. The Labute approximate surface area is 163 Å². The van der Waals surface area contributed by atoms with E-state index in [1.807, 2.05) is 53.5 Å². The van der Waals surface area contributed by atoms with E-state index in [1.54, 1.807) is 0 Å². The lowest BCUT2D eigenvalue weighted by atomic mass is 10.1. The van der Waals surface area contributed by atoms with Crippen LogP contribution in [0.15, 0.2) is 54.9 Å². The van der Waals surface area contributed by atoms with Gasteiger partial charge in [-0.05, 0) is 38.5 Å². The SMILES string of the molecule is Cc1ccc(Cn2nc(C)c(C(=O)NCc3cn4ccccc4n3)c2C)cc1. The van der Waals surface area contributed by atoms with E-state index in [-0.39, 0.29) is 5.91 Å². The fourth-order valence-corrected chi connectivity index (χ4v) is 3.38. The minimum absolute atomic E-state index is 0.123. The molecule has 0 unspecified atom stereocenters. The van der Waals surface area contributed by atoms with Crippen LogP contribution in [0.2, 0.25) is 0 Å². The second-order valence-electron chi connectivity index (χ2n) is 7.07. The number of rotatable bonds is 5. The van der Waals surface area contributed by atoms with Crippen molar-refractivity contribution in [1.29, 1.82) is 0 Å². The van der Waals surface area contributed by atoms with Crippen LogP contribution in [0.5, 0.6) is 0 Å². The van der Waals surface area contributed by atoms with Crippen LogP contribution in [-0.4, -0.2) is 25.1 Å². The first kappa shape index (κ1) is 18.0. The van der Waals surface area contributed by atoms with Crippen molar-refractivity contribution in [3.8, 4) is 0 Å². The molecule has 6 heteroatoms. The quantitative estimate of drug-likeness (QED) is 0.583. The van der Waals surface area contributed by atoms with E-state index in [0.29, 0.717) is 18.7 Å². The zero-order valence-electron chi connectivity index (χ0n) is 16.3. The number of amides is 1. The van der Waals surface area contributed by atoms with Crippen LogP contribution in [-0.2, 0) is 13.1 Å². The van der Waals surface area contributed by atoms with Crippen LogP contribution in [0.4, 0.5) is 0 Å². The summed E-state index contributed by atoms with van der Waals surface area (Å²) in [5, 5.41) is 7.55. The lowest BCUT2D eigenvalue weighted by Crippen LogP contribution is -2.24. The molecule has 4 aromatic rings. The number of nitrogens with one attached hydrogen (secondary N) is 1. The number of benzene rings is 1. The van der Waals surface area contributed by atoms with E-state index in [4.69, 9.17) is 0 Å². The van der Waals surface area contributed by atoms with Gasteiger partial charge in [-0.1, -0.05) is 35.9 Å². The summed E-state index contributed by atoms with van der Waals surface area (Å²) in [6.45, 7) is 6.90. The van der Waals surface area contributed by atoms with Crippen LogP contribution < -0.4 is 5.32 Å². The van der Waals surface area contributed by atoms with Gasteiger partial charge in [-0.15, -0.1) is 0 Å². The number of nitrogens with zero attached hydrogens (tertiary/aromatic N) is 4.